The Hall–Kier alpha value is -0.820. The van der Waals surface area contributed by atoms with E-state index in [1.165, 1.54) is 5.56 Å². The van der Waals surface area contributed by atoms with E-state index in [9.17, 15) is 0 Å². The number of hydrogen-bond donors (Lipinski definition) is 1. The Morgan fingerprint density at radius 3 is 2.48 bits per heavy atom. The van der Waals surface area contributed by atoms with Gasteiger partial charge in [0.1, 0.15) is 0 Å². The van der Waals surface area contributed by atoms with Gasteiger partial charge >= 0.3 is 0 Å². The molecule has 1 aliphatic rings. The first-order valence-electron chi connectivity index (χ1n) is 7.23. The Morgan fingerprint density at radius 1 is 1.24 bits per heavy atom. The molecule has 0 atom stereocenters. The maximum atomic E-state index is 6.07. The lowest BCUT2D eigenvalue weighted by atomic mass is 9.86. The molecular formula is C16H26IN3O. The lowest BCUT2D eigenvalue weighted by Gasteiger charge is -2.29. The summed E-state index contributed by atoms with van der Waals surface area (Å²) < 4.78 is 5.32. The molecule has 2 rings (SSSR count). The number of benzene rings is 1. The lowest BCUT2D eigenvalue weighted by molar-refractivity contribution is 0.0673. The fraction of sp³-hybridized carbons (Fsp3) is 0.562. The summed E-state index contributed by atoms with van der Waals surface area (Å²) in [5.41, 5.74) is 7.52. The molecule has 2 N–H and O–H groups in total. The summed E-state index contributed by atoms with van der Waals surface area (Å²) in [7, 11) is 0. The van der Waals surface area contributed by atoms with E-state index in [4.69, 9.17) is 10.5 Å². The zero-order valence-corrected chi connectivity index (χ0v) is 15.2. The summed E-state index contributed by atoms with van der Waals surface area (Å²) >= 11 is 0. The van der Waals surface area contributed by atoms with Gasteiger partial charge < -0.3 is 15.4 Å². The second kappa shape index (κ2) is 8.58. The van der Waals surface area contributed by atoms with Crippen LogP contribution in [-0.2, 0) is 11.2 Å². The largest absolute Gasteiger partial charge is 0.378 e. The average Bonchev–Trinajstić information content (AvgIpc) is 2.46. The smallest absolute Gasteiger partial charge is 0.191 e. The number of halogens is 1. The van der Waals surface area contributed by atoms with Gasteiger partial charge in [-0.05, 0) is 17.4 Å². The van der Waals surface area contributed by atoms with Crippen molar-refractivity contribution in [3.8, 4) is 0 Å². The molecule has 1 heterocycles. The summed E-state index contributed by atoms with van der Waals surface area (Å²) in [5, 5.41) is 0. The van der Waals surface area contributed by atoms with Gasteiger partial charge in [0, 0.05) is 19.6 Å². The predicted octanol–water partition coefficient (Wildman–Crippen LogP) is 2.52. The van der Waals surface area contributed by atoms with E-state index in [0.29, 0.717) is 5.96 Å². The predicted molar refractivity (Wildman–Crippen MR) is 98.2 cm³/mol. The second-order valence-electron chi connectivity index (χ2n) is 6.10. The number of hydrogen-bond acceptors (Lipinski definition) is 2. The van der Waals surface area contributed by atoms with Gasteiger partial charge in [-0.25, -0.2) is 0 Å². The molecule has 21 heavy (non-hydrogen) atoms. The second-order valence-corrected chi connectivity index (χ2v) is 6.10. The van der Waals surface area contributed by atoms with Crippen molar-refractivity contribution in [3.05, 3.63) is 35.9 Å². The first kappa shape index (κ1) is 18.2. The number of nitrogens with zero attached hydrogens (tertiary/aromatic N) is 2. The SMILES string of the molecule is CC(C)(CN=C(N)N1CCOCC1)Cc1ccccc1.I. The van der Waals surface area contributed by atoms with Crippen LogP contribution in [0.3, 0.4) is 0 Å². The van der Waals surface area contributed by atoms with Crippen molar-refractivity contribution in [3.63, 3.8) is 0 Å². The maximum absolute atomic E-state index is 6.07. The van der Waals surface area contributed by atoms with Gasteiger partial charge in [0.05, 0.1) is 13.2 Å². The summed E-state index contributed by atoms with van der Waals surface area (Å²) in [6, 6.07) is 10.5. The van der Waals surface area contributed by atoms with Crippen LogP contribution in [0.25, 0.3) is 0 Å². The van der Waals surface area contributed by atoms with Gasteiger partial charge in [-0.3, -0.25) is 4.99 Å². The van der Waals surface area contributed by atoms with Crippen LogP contribution in [0.15, 0.2) is 35.3 Å². The Morgan fingerprint density at radius 2 is 1.86 bits per heavy atom. The van der Waals surface area contributed by atoms with Crippen molar-refractivity contribution in [1.29, 1.82) is 0 Å². The molecule has 0 aliphatic carbocycles. The Labute approximate surface area is 144 Å². The standard InChI is InChI=1S/C16H25N3O.HI/c1-16(2,12-14-6-4-3-5-7-14)13-18-15(17)19-8-10-20-11-9-19;/h3-7H,8-13H2,1-2H3,(H2,17,18);1H. The van der Waals surface area contributed by atoms with Crippen molar-refractivity contribution >= 4 is 29.9 Å². The van der Waals surface area contributed by atoms with Crippen molar-refractivity contribution in [2.45, 2.75) is 20.3 Å². The number of aliphatic imine (C=N–C) groups is 1. The van der Waals surface area contributed by atoms with Gasteiger partial charge in [-0.2, -0.15) is 0 Å². The minimum absolute atomic E-state index is 0. The molecule has 0 amide bonds. The number of ether oxygens (including phenoxy) is 1. The molecule has 5 heteroatoms. The monoisotopic (exact) mass is 403 g/mol. The summed E-state index contributed by atoms with van der Waals surface area (Å²) in [5.74, 6) is 0.648. The number of rotatable bonds is 4. The van der Waals surface area contributed by atoms with Crippen LogP contribution in [0, 0.1) is 5.41 Å². The summed E-state index contributed by atoms with van der Waals surface area (Å²) in [6.45, 7) is 8.37. The van der Waals surface area contributed by atoms with E-state index in [2.05, 4.69) is 48.0 Å². The van der Waals surface area contributed by atoms with Crippen LogP contribution in [-0.4, -0.2) is 43.7 Å². The van der Waals surface area contributed by atoms with Gasteiger partial charge in [-0.1, -0.05) is 44.2 Å². The molecular weight excluding hydrogens is 377 g/mol. The van der Waals surface area contributed by atoms with E-state index in [1.807, 2.05) is 6.07 Å². The molecule has 1 aromatic carbocycles. The molecule has 0 spiro atoms. The molecule has 0 radical (unpaired) electrons. The normalized spacial score (nSPS) is 16.5. The van der Waals surface area contributed by atoms with Crippen LogP contribution in [0.2, 0.25) is 0 Å². The molecule has 4 nitrogen and oxygen atoms in total. The fourth-order valence-corrected chi connectivity index (χ4v) is 2.39. The first-order chi connectivity index (χ1) is 9.57. The van der Waals surface area contributed by atoms with Crippen LogP contribution in [0.1, 0.15) is 19.4 Å². The molecule has 0 unspecified atom stereocenters. The third-order valence-electron chi connectivity index (χ3n) is 3.53. The molecule has 118 valence electrons. The van der Waals surface area contributed by atoms with E-state index in [0.717, 1.165) is 39.3 Å². The minimum atomic E-state index is 0. The average molecular weight is 403 g/mol. The van der Waals surface area contributed by atoms with Crippen molar-refractivity contribution in [2.24, 2.45) is 16.1 Å². The number of morpholine rings is 1. The van der Waals surface area contributed by atoms with Gasteiger partial charge in [0.15, 0.2) is 5.96 Å². The van der Waals surface area contributed by atoms with E-state index in [1.54, 1.807) is 0 Å². The summed E-state index contributed by atoms with van der Waals surface area (Å²) in [4.78, 5) is 6.68. The highest BCUT2D eigenvalue weighted by molar-refractivity contribution is 14.0. The Bertz CT molecular complexity index is 442. The van der Waals surface area contributed by atoms with Crippen LogP contribution in [0.4, 0.5) is 0 Å². The first-order valence-corrected chi connectivity index (χ1v) is 7.23. The van der Waals surface area contributed by atoms with Crippen molar-refractivity contribution in [2.75, 3.05) is 32.8 Å². The van der Waals surface area contributed by atoms with E-state index >= 15 is 0 Å². The topological polar surface area (TPSA) is 50.8 Å². The lowest BCUT2D eigenvalue weighted by Crippen LogP contribution is -2.45. The van der Waals surface area contributed by atoms with Gasteiger partial charge in [-0.15, -0.1) is 24.0 Å². The number of guanidine groups is 1. The molecule has 1 fully saturated rings. The van der Waals surface area contributed by atoms with Crippen LogP contribution >= 0.6 is 24.0 Å². The van der Waals surface area contributed by atoms with E-state index in [-0.39, 0.29) is 29.4 Å². The van der Waals surface area contributed by atoms with Crippen molar-refractivity contribution < 1.29 is 4.74 Å². The summed E-state index contributed by atoms with van der Waals surface area (Å²) in [6.07, 6.45) is 1.01. The van der Waals surface area contributed by atoms with Crippen molar-refractivity contribution in [1.82, 2.24) is 4.90 Å². The van der Waals surface area contributed by atoms with Gasteiger partial charge in [0.25, 0.3) is 0 Å². The quantitative estimate of drug-likeness (QED) is 0.478. The third kappa shape index (κ3) is 6.22. The molecule has 1 aliphatic heterocycles. The maximum Gasteiger partial charge on any atom is 0.191 e. The van der Waals surface area contributed by atoms with E-state index < -0.39 is 0 Å². The highest BCUT2D eigenvalue weighted by Gasteiger charge is 2.19. The zero-order chi connectivity index (χ0) is 14.4. The molecule has 0 aromatic heterocycles. The molecule has 1 saturated heterocycles. The van der Waals surface area contributed by atoms with Crippen LogP contribution in [0.5, 0.6) is 0 Å². The Balaban J connectivity index is 0.00000220. The third-order valence-corrected chi connectivity index (χ3v) is 3.53. The fourth-order valence-electron chi connectivity index (χ4n) is 2.39. The zero-order valence-electron chi connectivity index (χ0n) is 12.9. The minimum Gasteiger partial charge on any atom is -0.378 e. The Kier molecular flexibility index (Phi) is 7.45. The molecule has 0 bridgehead atoms. The number of nitrogens with two attached hydrogens (primary N) is 1. The van der Waals surface area contributed by atoms with Gasteiger partial charge in [0.2, 0.25) is 0 Å². The highest BCUT2D eigenvalue weighted by atomic mass is 127. The molecule has 0 saturated carbocycles. The highest BCUT2D eigenvalue weighted by Crippen LogP contribution is 2.22. The molecule has 1 aromatic rings. The van der Waals surface area contributed by atoms with Crippen LogP contribution < -0.4 is 5.73 Å².